The van der Waals surface area contributed by atoms with E-state index in [1.165, 1.54) is 29.1 Å². The molecule has 3 heterocycles. The van der Waals surface area contributed by atoms with Gasteiger partial charge in [0, 0.05) is 12.7 Å². The van der Waals surface area contributed by atoms with E-state index >= 15 is 0 Å². The van der Waals surface area contributed by atoms with Gasteiger partial charge < -0.3 is 0 Å². The summed E-state index contributed by atoms with van der Waals surface area (Å²) in [7, 11) is 0. The van der Waals surface area contributed by atoms with Gasteiger partial charge in [-0.2, -0.15) is 0 Å². The van der Waals surface area contributed by atoms with Gasteiger partial charge in [-0.15, -0.1) is 15.3 Å². The predicted molar refractivity (Wildman–Crippen MR) is 85.1 cm³/mol. The first-order chi connectivity index (χ1) is 10.7. The van der Waals surface area contributed by atoms with Gasteiger partial charge in [-0.25, -0.2) is 9.66 Å². The molecule has 0 atom stereocenters. The lowest BCUT2D eigenvalue weighted by Gasteiger charge is -2.11. The molecule has 2 aromatic heterocycles. The molecule has 9 heteroatoms. The van der Waals surface area contributed by atoms with E-state index < -0.39 is 0 Å². The quantitative estimate of drug-likeness (QED) is 0.634. The molecule has 0 bridgehead atoms. The smallest absolute Gasteiger partial charge is 0.266 e. The standard InChI is InChI=1S/C13H11ClN6OS/c1-2-20-12(21)10(5-9-3-4-11(14)15-6-9)22-13(20)18-19-7-16-17-8-19/h3-8H,2H2,1H3/b10-5-,18-13+. The van der Waals surface area contributed by atoms with E-state index in [1.54, 1.807) is 29.3 Å². The molecule has 0 saturated carbocycles. The Morgan fingerprint density at radius 3 is 2.77 bits per heavy atom. The van der Waals surface area contributed by atoms with Crippen LogP contribution in [0.2, 0.25) is 5.15 Å². The molecule has 1 fully saturated rings. The number of pyridine rings is 1. The predicted octanol–water partition coefficient (Wildman–Crippen LogP) is 2.08. The van der Waals surface area contributed by atoms with E-state index in [0.29, 0.717) is 21.8 Å². The maximum atomic E-state index is 12.4. The van der Waals surface area contributed by atoms with E-state index in [2.05, 4.69) is 20.3 Å². The summed E-state index contributed by atoms with van der Waals surface area (Å²) in [6.07, 6.45) is 6.33. The first-order valence-corrected chi connectivity index (χ1v) is 7.63. The number of amides is 1. The molecular weight excluding hydrogens is 324 g/mol. The number of halogens is 1. The van der Waals surface area contributed by atoms with Crippen LogP contribution in [0.4, 0.5) is 0 Å². The summed E-state index contributed by atoms with van der Waals surface area (Å²) in [5.74, 6) is -0.0886. The lowest BCUT2D eigenvalue weighted by Crippen LogP contribution is -2.29. The molecule has 1 aliphatic heterocycles. The van der Waals surface area contributed by atoms with Gasteiger partial charge in [0.05, 0.1) is 4.91 Å². The normalized spacial score (nSPS) is 18.6. The number of likely N-dealkylation sites (N-methyl/N-ethyl adjacent to an activating group) is 1. The van der Waals surface area contributed by atoms with Crippen molar-refractivity contribution in [1.29, 1.82) is 0 Å². The molecule has 0 spiro atoms. The number of aromatic nitrogens is 4. The third kappa shape index (κ3) is 3.02. The second kappa shape index (κ2) is 6.29. The topological polar surface area (TPSA) is 76.3 Å². The number of rotatable bonds is 3. The van der Waals surface area contributed by atoms with E-state index in [9.17, 15) is 4.79 Å². The zero-order valence-electron chi connectivity index (χ0n) is 11.5. The average molecular weight is 335 g/mol. The minimum Gasteiger partial charge on any atom is -0.285 e. The minimum atomic E-state index is -0.0886. The molecule has 1 saturated heterocycles. The largest absolute Gasteiger partial charge is 0.285 e. The fraction of sp³-hybridized carbons (Fsp3) is 0.154. The summed E-state index contributed by atoms with van der Waals surface area (Å²) in [4.78, 5) is 18.6. The fourth-order valence-electron chi connectivity index (χ4n) is 1.83. The number of thioether (sulfide) groups is 1. The minimum absolute atomic E-state index is 0.0886. The van der Waals surface area contributed by atoms with Crippen molar-refractivity contribution in [1.82, 2.24) is 24.8 Å². The molecule has 22 heavy (non-hydrogen) atoms. The molecule has 1 aliphatic rings. The van der Waals surface area contributed by atoms with Crippen LogP contribution in [0.1, 0.15) is 12.5 Å². The summed E-state index contributed by atoms with van der Waals surface area (Å²) in [6, 6.07) is 3.49. The van der Waals surface area contributed by atoms with Crippen molar-refractivity contribution < 1.29 is 4.79 Å². The second-order valence-electron chi connectivity index (χ2n) is 4.30. The van der Waals surface area contributed by atoms with Crippen LogP contribution in [0.25, 0.3) is 6.08 Å². The highest BCUT2D eigenvalue weighted by atomic mass is 35.5. The Balaban J connectivity index is 1.91. The Hall–Kier alpha value is -2.19. The second-order valence-corrected chi connectivity index (χ2v) is 5.70. The molecule has 112 valence electrons. The first-order valence-electron chi connectivity index (χ1n) is 6.44. The highest BCUT2D eigenvalue weighted by Crippen LogP contribution is 2.32. The SMILES string of the molecule is CCN1C(=O)/C(=C/c2ccc(Cl)nc2)S/C1=N/n1cnnc1. The van der Waals surface area contributed by atoms with Gasteiger partial charge in [-0.1, -0.05) is 17.7 Å². The zero-order valence-corrected chi connectivity index (χ0v) is 13.1. The molecular formula is C13H11ClN6OS. The van der Waals surface area contributed by atoms with Crippen LogP contribution >= 0.6 is 23.4 Å². The van der Waals surface area contributed by atoms with Crippen molar-refractivity contribution in [3.8, 4) is 0 Å². The van der Waals surface area contributed by atoms with E-state index in [0.717, 1.165) is 5.56 Å². The Morgan fingerprint density at radius 1 is 1.36 bits per heavy atom. The van der Waals surface area contributed by atoms with Gasteiger partial charge in [0.15, 0.2) is 5.17 Å². The van der Waals surface area contributed by atoms with Crippen LogP contribution in [0.3, 0.4) is 0 Å². The Morgan fingerprint density at radius 2 is 2.14 bits per heavy atom. The number of hydrogen-bond donors (Lipinski definition) is 0. The van der Waals surface area contributed by atoms with Gasteiger partial charge in [0.1, 0.15) is 17.8 Å². The molecule has 1 amide bonds. The van der Waals surface area contributed by atoms with Gasteiger partial charge in [0.25, 0.3) is 5.91 Å². The van der Waals surface area contributed by atoms with Gasteiger partial charge in [0.2, 0.25) is 0 Å². The van der Waals surface area contributed by atoms with Crippen LogP contribution in [0.5, 0.6) is 0 Å². The summed E-state index contributed by atoms with van der Waals surface area (Å²) >= 11 is 7.06. The van der Waals surface area contributed by atoms with Crippen molar-refractivity contribution in [2.75, 3.05) is 6.54 Å². The lowest BCUT2D eigenvalue weighted by atomic mass is 10.2. The molecule has 3 rings (SSSR count). The number of hydrogen-bond acceptors (Lipinski definition) is 6. The van der Waals surface area contributed by atoms with Crippen molar-refractivity contribution in [2.24, 2.45) is 5.10 Å². The molecule has 0 radical (unpaired) electrons. The molecule has 2 aromatic rings. The maximum Gasteiger partial charge on any atom is 0.266 e. The number of carbonyl (C=O) groups is 1. The summed E-state index contributed by atoms with van der Waals surface area (Å²) in [5.41, 5.74) is 0.807. The number of amidine groups is 1. The van der Waals surface area contributed by atoms with Gasteiger partial charge >= 0.3 is 0 Å². The van der Waals surface area contributed by atoms with E-state index in [1.807, 2.05) is 6.92 Å². The van der Waals surface area contributed by atoms with Crippen LogP contribution in [0.15, 0.2) is 41.0 Å². The van der Waals surface area contributed by atoms with E-state index in [4.69, 9.17) is 11.6 Å². The van der Waals surface area contributed by atoms with Crippen molar-refractivity contribution in [2.45, 2.75) is 6.92 Å². The summed E-state index contributed by atoms with van der Waals surface area (Å²) < 4.78 is 1.46. The number of carbonyl (C=O) groups excluding carboxylic acids is 1. The third-order valence-corrected chi connectivity index (χ3v) is 4.08. The van der Waals surface area contributed by atoms with Gasteiger partial charge in [-0.05, 0) is 36.4 Å². The lowest BCUT2D eigenvalue weighted by molar-refractivity contribution is -0.122. The van der Waals surface area contributed by atoms with Crippen molar-refractivity contribution in [3.63, 3.8) is 0 Å². The van der Waals surface area contributed by atoms with Crippen molar-refractivity contribution >= 4 is 40.5 Å². The van der Waals surface area contributed by atoms with Gasteiger partial charge in [-0.3, -0.25) is 9.69 Å². The highest BCUT2D eigenvalue weighted by molar-refractivity contribution is 8.18. The molecule has 0 aliphatic carbocycles. The Labute approximate surface area is 135 Å². The maximum absolute atomic E-state index is 12.4. The average Bonchev–Trinajstić information content (AvgIpc) is 3.11. The number of nitrogens with zero attached hydrogens (tertiary/aromatic N) is 6. The van der Waals surface area contributed by atoms with Crippen LogP contribution in [0, 0.1) is 0 Å². The monoisotopic (exact) mass is 334 g/mol. The molecule has 0 unspecified atom stereocenters. The van der Waals surface area contributed by atoms with E-state index in [-0.39, 0.29) is 5.91 Å². The highest BCUT2D eigenvalue weighted by Gasteiger charge is 2.32. The van der Waals surface area contributed by atoms with Crippen LogP contribution in [-0.2, 0) is 4.79 Å². The molecule has 0 aromatic carbocycles. The Kier molecular flexibility index (Phi) is 4.21. The first kappa shape index (κ1) is 14.7. The fourth-order valence-corrected chi connectivity index (χ4v) is 2.99. The van der Waals surface area contributed by atoms with Crippen molar-refractivity contribution in [3.05, 3.63) is 46.6 Å². The molecule has 7 nitrogen and oxygen atoms in total. The zero-order chi connectivity index (χ0) is 15.5. The summed E-state index contributed by atoms with van der Waals surface area (Å²) in [5, 5.41) is 12.7. The van der Waals surface area contributed by atoms with Crippen LogP contribution < -0.4 is 0 Å². The molecule has 0 N–H and O–H groups in total. The Bertz CT molecular complexity index is 740. The summed E-state index contributed by atoms with van der Waals surface area (Å²) in [6.45, 7) is 2.43. The van der Waals surface area contributed by atoms with Crippen LogP contribution in [-0.4, -0.2) is 42.4 Å². The third-order valence-electron chi connectivity index (χ3n) is 2.86.